The van der Waals surface area contributed by atoms with Gasteiger partial charge in [0.1, 0.15) is 5.75 Å². The van der Waals surface area contributed by atoms with Gasteiger partial charge in [0.15, 0.2) is 0 Å². The summed E-state index contributed by atoms with van der Waals surface area (Å²) in [6, 6.07) is 8.35. The van der Waals surface area contributed by atoms with Crippen molar-refractivity contribution in [1.82, 2.24) is 0 Å². The first kappa shape index (κ1) is 18.0. The second-order valence-electron chi connectivity index (χ2n) is 4.95. The largest absolute Gasteiger partial charge is 0.495 e. The minimum Gasteiger partial charge on any atom is -0.495 e. The average molecular weight is 371 g/mol. The van der Waals surface area contributed by atoms with Gasteiger partial charge in [-0.15, -0.1) is 0 Å². The third kappa shape index (κ3) is 3.15. The molecule has 0 saturated carbocycles. The lowest BCUT2D eigenvalue weighted by Gasteiger charge is -2.21. The molecule has 0 unspecified atom stereocenters. The molecule has 7 nitrogen and oxygen atoms in total. The summed E-state index contributed by atoms with van der Waals surface area (Å²) in [6.07, 6.45) is 0. The number of nitrogens with zero attached hydrogens (tertiary/aromatic N) is 2. The smallest absolute Gasteiger partial charge is 0.274 e. The first-order valence-corrected chi connectivity index (χ1v) is 8.58. The van der Waals surface area contributed by atoms with Crippen molar-refractivity contribution in [3.05, 3.63) is 57.1 Å². The molecule has 0 aliphatic heterocycles. The molecule has 0 aromatic heterocycles. The van der Waals surface area contributed by atoms with Crippen molar-refractivity contribution in [2.24, 2.45) is 0 Å². The van der Waals surface area contributed by atoms with Gasteiger partial charge >= 0.3 is 0 Å². The average Bonchev–Trinajstić information content (AvgIpc) is 2.54. The van der Waals surface area contributed by atoms with Crippen molar-refractivity contribution in [1.29, 1.82) is 0 Å². The second-order valence-corrected chi connectivity index (χ2v) is 7.32. The van der Waals surface area contributed by atoms with E-state index in [9.17, 15) is 18.5 Å². The van der Waals surface area contributed by atoms with Gasteiger partial charge in [-0.05, 0) is 31.2 Å². The quantitative estimate of drug-likeness (QED) is 0.594. The zero-order chi connectivity index (χ0) is 18.1. The fourth-order valence-electron chi connectivity index (χ4n) is 2.25. The third-order valence-corrected chi connectivity index (χ3v) is 5.66. The zero-order valence-corrected chi connectivity index (χ0v) is 14.8. The molecule has 0 spiro atoms. The van der Waals surface area contributed by atoms with E-state index in [0.29, 0.717) is 5.75 Å². The molecule has 0 aliphatic rings. The molecule has 24 heavy (non-hydrogen) atoms. The maximum Gasteiger partial charge on any atom is 0.274 e. The molecule has 0 aliphatic carbocycles. The number of ether oxygens (including phenoxy) is 1. The van der Waals surface area contributed by atoms with E-state index in [1.54, 1.807) is 0 Å². The molecule has 0 N–H and O–H groups in total. The number of halogens is 1. The SMILES string of the molecule is COc1ccc(S(=O)(=O)N(C)c2cccc([N+](=O)[O-])c2C)cc1Cl. The standard InChI is InChI=1S/C15H15ClN2O5S/c1-10-13(5-4-6-14(10)18(19)20)17(2)24(21,22)11-7-8-15(23-3)12(16)9-11/h4-9H,1-3H3. The van der Waals surface area contributed by atoms with Crippen molar-refractivity contribution >= 4 is 33.0 Å². The van der Waals surface area contributed by atoms with Crippen molar-refractivity contribution in [2.75, 3.05) is 18.5 Å². The molecule has 2 aromatic carbocycles. The number of rotatable bonds is 5. The van der Waals surface area contributed by atoms with Gasteiger partial charge in [0.05, 0.1) is 33.2 Å². The zero-order valence-electron chi connectivity index (χ0n) is 13.2. The topological polar surface area (TPSA) is 89.8 Å². The lowest BCUT2D eigenvalue weighted by atomic mass is 10.1. The van der Waals surface area contributed by atoms with Crippen molar-refractivity contribution < 1.29 is 18.1 Å². The number of sulfonamides is 1. The van der Waals surface area contributed by atoms with Gasteiger partial charge in [-0.25, -0.2) is 8.42 Å². The van der Waals surface area contributed by atoms with Gasteiger partial charge in [0.2, 0.25) is 0 Å². The molecule has 9 heteroatoms. The summed E-state index contributed by atoms with van der Waals surface area (Å²) in [5, 5.41) is 11.2. The Bertz CT molecular complexity index is 899. The Morgan fingerprint density at radius 1 is 1.25 bits per heavy atom. The van der Waals surface area contributed by atoms with Crippen molar-refractivity contribution in [2.45, 2.75) is 11.8 Å². The van der Waals surface area contributed by atoms with Gasteiger partial charge in [0.25, 0.3) is 15.7 Å². The summed E-state index contributed by atoms with van der Waals surface area (Å²) in [4.78, 5) is 10.4. The molecule has 0 heterocycles. The first-order valence-electron chi connectivity index (χ1n) is 6.76. The van der Waals surface area contributed by atoms with Crippen LogP contribution in [-0.2, 0) is 10.0 Å². The molecule has 0 atom stereocenters. The molecular formula is C15H15ClN2O5S. The minimum absolute atomic E-state index is 0.0401. The van der Waals surface area contributed by atoms with E-state index in [1.165, 1.54) is 57.5 Å². The monoisotopic (exact) mass is 370 g/mol. The lowest BCUT2D eigenvalue weighted by Crippen LogP contribution is -2.27. The molecule has 0 radical (unpaired) electrons. The number of methoxy groups -OCH3 is 1. The van der Waals surface area contributed by atoms with Gasteiger partial charge in [-0.3, -0.25) is 14.4 Å². The third-order valence-electron chi connectivity index (χ3n) is 3.59. The number of hydrogen-bond donors (Lipinski definition) is 0. The van der Waals surface area contributed by atoms with Crippen LogP contribution in [0.4, 0.5) is 11.4 Å². The van der Waals surface area contributed by atoms with E-state index < -0.39 is 14.9 Å². The summed E-state index contributed by atoms with van der Waals surface area (Å²) in [5.41, 5.74) is 0.326. The Balaban J connectivity index is 2.52. The van der Waals surface area contributed by atoms with E-state index in [2.05, 4.69) is 0 Å². The molecule has 0 fully saturated rings. The van der Waals surface area contributed by atoms with Crippen LogP contribution in [0.3, 0.4) is 0 Å². The van der Waals surface area contributed by atoms with E-state index >= 15 is 0 Å². The first-order chi connectivity index (χ1) is 11.2. The van der Waals surface area contributed by atoms with Gasteiger partial charge in [0, 0.05) is 13.1 Å². The Kier molecular flexibility index (Phi) is 5.00. The van der Waals surface area contributed by atoms with E-state index in [-0.39, 0.29) is 26.9 Å². The molecule has 0 saturated heterocycles. The predicted octanol–water partition coefficient (Wildman–Crippen LogP) is 3.39. The maximum atomic E-state index is 12.8. The minimum atomic E-state index is -3.93. The van der Waals surface area contributed by atoms with Gasteiger partial charge < -0.3 is 4.74 Å². The molecular weight excluding hydrogens is 356 g/mol. The van der Waals surface area contributed by atoms with Crippen LogP contribution in [0, 0.1) is 17.0 Å². The van der Waals surface area contributed by atoms with Crippen LogP contribution >= 0.6 is 11.6 Å². The van der Waals surface area contributed by atoms with Crippen LogP contribution in [0.2, 0.25) is 5.02 Å². The van der Waals surface area contributed by atoms with Gasteiger partial charge in [-0.1, -0.05) is 17.7 Å². The summed E-state index contributed by atoms with van der Waals surface area (Å²) in [6.45, 7) is 1.50. The highest BCUT2D eigenvalue weighted by molar-refractivity contribution is 7.92. The highest BCUT2D eigenvalue weighted by Gasteiger charge is 2.26. The number of nitro benzene ring substituents is 1. The van der Waals surface area contributed by atoms with Crippen LogP contribution in [0.25, 0.3) is 0 Å². The van der Waals surface area contributed by atoms with E-state index in [4.69, 9.17) is 16.3 Å². The van der Waals surface area contributed by atoms with Crippen molar-refractivity contribution in [3.8, 4) is 5.75 Å². The molecule has 2 rings (SSSR count). The summed E-state index contributed by atoms with van der Waals surface area (Å²) in [7, 11) is -1.18. The number of hydrogen-bond acceptors (Lipinski definition) is 5. The lowest BCUT2D eigenvalue weighted by molar-refractivity contribution is -0.385. The normalized spacial score (nSPS) is 11.2. The van der Waals surface area contributed by atoms with Gasteiger partial charge in [-0.2, -0.15) is 0 Å². The highest BCUT2D eigenvalue weighted by atomic mass is 35.5. The van der Waals surface area contributed by atoms with Crippen LogP contribution in [0.15, 0.2) is 41.3 Å². The van der Waals surface area contributed by atoms with Crippen LogP contribution in [0.5, 0.6) is 5.75 Å². The summed E-state index contributed by atoms with van der Waals surface area (Å²) >= 11 is 5.99. The molecule has 128 valence electrons. The maximum absolute atomic E-state index is 12.8. The second kappa shape index (κ2) is 6.66. The summed E-state index contributed by atoms with van der Waals surface area (Å²) < 4.78 is 31.5. The van der Waals surface area contributed by atoms with Crippen LogP contribution in [-0.4, -0.2) is 27.5 Å². The number of nitro groups is 1. The Labute approximate surface area is 144 Å². The van der Waals surface area contributed by atoms with E-state index in [1.807, 2.05) is 0 Å². The Morgan fingerprint density at radius 2 is 1.92 bits per heavy atom. The number of anilines is 1. The Morgan fingerprint density at radius 3 is 2.46 bits per heavy atom. The van der Waals surface area contributed by atoms with E-state index in [0.717, 1.165) is 4.31 Å². The summed E-state index contributed by atoms with van der Waals surface area (Å²) in [5.74, 6) is 0.352. The van der Waals surface area contributed by atoms with Crippen LogP contribution in [0.1, 0.15) is 5.56 Å². The Hall–Kier alpha value is -2.32. The fraction of sp³-hybridized carbons (Fsp3) is 0.200. The predicted molar refractivity (Wildman–Crippen MR) is 91.4 cm³/mol. The highest BCUT2D eigenvalue weighted by Crippen LogP contribution is 2.33. The molecule has 2 aromatic rings. The number of benzene rings is 2. The fourth-order valence-corrected chi connectivity index (χ4v) is 3.85. The van der Waals surface area contributed by atoms with Crippen LogP contribution < -0.4 is 9.04 Å². The van der Waals surface area contributed by atoms with Crippen molar-refractivity contribution in [3.63, 3.8) is 0 Å². The molecule has 0 amide bonds. The molecule has 0 bridgehead atoms.